The zero-order valence-electron chi connectivity index (χ0n) is 8.24. The van der Waals surface area contributed by atoms with E-state index >= 15 is 0 Å². The Balaban J connectivity index is 2.85. The minimum Gasteiger partial charge on any atom is -0.494 e. The number of fused-ring (bicyclic) bond motifs is 1. The lowest BCUT2D eigenvalue weighted by Crippen LogP contribution is -2.05. The molecule has 2 radical (unpaired) electrons. The third kappa shape index (κ3) is 1.35. The van der Waals surface area contributed by atoms with Crippen molar-refractivity contribution in [1.82, 2.24) is 4.98 Å². The molecule has 0 aliphatic carbocycles. The van der Waals surface area contributed by atoms with Crippen LogP contribution in [-0.4, -0.2) is 19.9 Å². The molecule has 0 bridgehead atoms. The largest absolute Gasteiger partial charge is 0.494 e. The van der Waals surface area contributed by atoms with Gasteiger partial charge in [0.25, 0.3) is 0 Å². The molecule has 2 rings (SSSR count). The van der Waals surface area contributed by atoms with Crippen molar-refractivity contribution < 1.29 is 4.74 Å². The molecule has 0 saturated carbocycles. The smallest absolute Gasteiger partial charge is 0.145 e. The number of methoxy groups -OCH3 is 1. The van der Waals surface area contributed by atoms with Crippen molar-refractivity contribution in [3.63, 3.8) is 0 Å². The number of pyridine rings is 1. The van der Waals surface area contributed by atoms with Crippen LogP contribution in [0, 0.1) is 6.92 Å². The number of ether oxygens (including phenoxy) is 1. The molecule has 1 aromatic heterocycles. The van der Waals surface area contributed by atoms with E-state index in [9.17, 15) is 0 Å². The number of nitrogens with zero attached hydrogens (tertiary/aromatic N) is 1. The molecule has 0 aliphatic rings. The number of aryl methyl sites for hydroxylation is 1. The summed E-state index contributed by atoms with van der Waals surface area (Å²) >= 11 is 0. The third-order valence-corrected chi connectivity index (χ3v) is 2.21. The van der Waals surface area contributed by atoms with E-state index in [4.69, 9.17) is 12.6 Å². The summed E-state index contributed by atoms with van der Waals surface area (Å²) in [4.78, 5) is 4.40. The fraction of sp³-hybridized carbons (Fsp3) is 0.182. The van der Waals surface area contributed by atoms with Gasteiger partial charge < -0.3 is 4.74 Å². The van der Waals surface area contributed by atoms with Crippen LogP contribution in [0.1, 0.15) is 5.69 Å². The van der Waals surface area contributed by atoms with E-state index < -0.39 is 0 Å². The Morgan fingerprint density at radius 1 is 1.21 bits per heavy atom. The van der Waals surface area contributed by atoms with E-state index in [2.05, 4.69) is 4.98 Å². The number of benzene rings is 1. The zero-order chi connectivity index (χ0) is 10.1. The Kier molecular flexibility index (Phi) is 2.16. The molecule has 0 unspecified atom stereocenters. The third-order valence-electron chi connectivity index (χ3n) is 2.21. The van der Waals surface area contributed by atoms with Gasteiger partial charge in [-0.05, 0) is 24.4 Å². The summed E-state index contributed by atoms with van der Waals surface area (Å²) in [6.07, 6.45) is 0. The van der Waals surface area contributed by atoms with Crippen molar-refractivity contribution in [2.24, 2.45) is 0 Å². The number of hydrogen-bond acceptors (Lipinski definition) is 2. The highest BCUT2D eigenvalue weighted by molar-refractivity contribution is 6.38. The standard InChI is InChI=1S/C11H10BNO/c1-7-3-4-8-9(12)5-6-10(14-2)11(8)13-7/h3-6H,1-2H3. The average Bonchev–Trinajstić information content (AvgIpc) is 2.18. The summed E-state index contributed by atoms with van der Waals surface area (Å²) in [6.45, 7) is 1.95. The topological polar surface area (TPSA) is 22.1 Å². The van der Waals surface area contributed by atoms with E-state index in [1.54, 1.807) is 7.11 Å². The van der Waals surface area contributed by atoms with Crippen LogP contribution >= 0.6 is 0 Å². The summed E-state index contributed by atoms with van der Waals surface area (Å²) in [5.74, 6) is 0.762. The first-order chi connectivity index (χ1) is 6.72. The lowest BCUT2D eigenvalue weighted by molar-refractivity contribution is 0.419. The van der Waals surface area contributed by atoms with Gasteiger partial charge in [-0.25, -0.2) is 4.98 Å². The number of aromatic nitrogens is 1. The Hall–Kier alpha value is -1.51. The minimum absolute atomic E-state index is 0.730. The molecule has 14 heavy (non-hydrogen) atoms. The van der Waals surface area contributed by atoms with Crippen molar-refractivity contribution >= 4 is 24.2 Å². The summed E-state index contributed by atoms with van der Waals surface area (Å²) in [5, 5.41) is 0.940. The number of hydrogen-bond donors (Lipinski definition) is 0. The van der Waals surface area contributed by atoms with Crippen molar-refractivity contribution in [2.75, 3.05) is 7.11 Å². The predicted octanol–water partition coefficient (Wildman–Crippen LogP) is 1.35. The van der Waals surface area contributed by atoms with Gasteiger partial charge in [-0.2, -0.15) is 0 Å². The van der Waals surface area contributed by atoms with Gasteiger partial charge in [0.2, 0.25) is 0 Å². The van der Waals surface area contributed by atoms with E-state index in [1.165, 1.54) is 0 Å². The van der Waals surface area contributed by atoms with Crippen molar-refractivity contribution in [1.29, 1.82) is 0 Å². The van der Waals surface area contributed by atoms with Gasteiger partial charge in [-0.1, -0.05) is 17.6 Å². The Labute approximate surface area is 84.3 Å². The zero-order valence-corrected chi connectivity index (χ0v) is 8.24. The van der Waals surface area contributed by atoms with Crippen LogP contribution in [-0.2, 0) is 0 Å². The van der Waals surface area contributed by atoms with Crippen molar-refractivity contribution in [2.45, 2.75) is 6.92 Å². The molecule has 2 aromatic rings. The molecule has 68 valence electrons. The molecule has 1 heterocycles. The predicted molar refractivity (Wildman–Crippen MR) is 58.4 cm³/mol. The fourth-order valence-electron chi connectivity index (χ4n) is 1.48. The maximum atomic E-state index is 5.83. The second-order valence-electron chi connectivity index (χ2n) is 3.21. The van der Waals surface area contributed by atoms with Gasteiger partial charge in [0.15, 0.2) is 0 Å². The van der Waals surface area contributed by atoms with Crippen molar-refractivity contribution in [3.8, 4) is 5.75 Å². The molecule has 0 amide bonds. The molecular weight excluding hydrogens is 173 g/mol. The van der Waals surface area contributed by atoms with Crippen LogP contribution in [0.2, 0.25) is 0 Å². The fourth-order valence-corrected chi connectivity index (χ4v) is 1.48. The average molecular weight is 183 g/mol. The first kappa shape index (κ1) is 9.07. The van der Waals surface area contributed by atoms with Gasteiger partial charge in [-0.15, -0.1) is 0 Å². The van der Waals surface area contributed by atoms with E-state index in [0.717, 1.165) is 27.8 Å². The van der Waals surface area contributed by atoms with Crippen LogP contribution in [0.3, 0.4) is 0 Å². The maximum Gasteiger partial charge on any atom is 0.145 e. The summed E-state index contributed by atoms with van der Waals surface area (Å²) in [7, 11) is 7.47. The SMILES string of the molecule is [B]c1ccc(OC)c2nc(C)ccc12. The van der Waals surface area contributed by atoms with Crippen LogP contribution in [0.4, 0.5) is 0 Å². The second kappa shape index (κ2) is 3.33. The molecule has 1 aromatic carbocycles. The highest BCUT2D eigenvalue weighted by atomic mass is 16.5. The Morgan fingerprint density at radius 2 is 2.00 bits per heavy atom. The van der Waals surface area contributed by atoms with Gasteiger partial charge in [0.1, 0.15) is 19.1 Å². The maximum absolute atomic E-state index is 5.83. The first-order valence-corrected chi connectivity index (χ1v) is 4.42. The highest BCUT2D eigenvalue weighted by Crippen LogP contribution is 2.21. The summed E-state index contributed by atoms with van der Waals surface area (Å²) in [5.41, 5.74) is 2.52. The van der Waals surface area contributed by atoms with Crippen LogP contribution in [0.25, 0.3) is 10.9 Å². The van der Waals surface area contributed by atoms with Gasteiger partial charge >= 0.3 is 0 Å². The second-order valence-corrected chi connectivity index (χ2v) is 3.21. The monoisotopic (exact) mass is 183 g/mol. The van der Waals surface area contributed by atoms with E-state index in [1.807, 2.05) is 31.2 Å². The molecule has 0 saturated heterocycles. The van der Waals surface area contributed by atoms with Crippen LogP contribution in [0.15, 0.2) is 24.3 Å². The van der Waals surface area contributed by atoms with Crippen molar-refractivity contribution in [3.05, 3.63) is 30.0 Å². The van der Waals surface area contributed by atoms with Gasteiger partial charge in [0, 0.05) is 5.69 Å². The molecule has 0 aliphatic heterocycles. The van der Waals surface area contributed by atoms with E-state index in [-0.39, 0.29) is 0 Å². The Bertz CT molecular complexity index is 482. The lowest BCUT2D eigenvalue weighted by atomic mass is 9.91. The first-order valence-electron chi connectivity index (χ1n) is 4.42. The molecule has 3 heteroatoms. The Morgan fingerprint density at radius 3 is 2.71 bits per heavy atom. The number of rotatable bonds is 1. The molecular formula is C11H10BNO. The minimum atomic E-state index is 0.730. The van der Waals surface area contributed by atoms with Gasteiger partial charge in [0.05, 0.1) is 7.11 Å². The normalized spacial score (nSPS) is 10.4. The van der Waals surface area contributed by atoms with E-state index in [0.29, 0.717) is 0 Å². The summed E-state index contributed by atoms with van der Waals surface area (Å²) < 4.78 is 5.22. The quantitative estimate of drug-likeness (QED) is 0.622. The van der Waals surface area contributed by atoms with Crippen LogP contribution in [0.5, 0.6) is 5.75 Å². The molecule has 0 N–H and O–H groups in total. The molecule has 0 spiro atoms. The van der Waals surface area contributed by atoms with Crippen LogP contribution < -0.4 is 10.2 Å². The molecule has 2 nitrogen and oxygen atoms in total. The highest BCUT2D eigenvalue weighted by Gasteiger charge is 2.04. The molecule has 0 fully saturated rings. The lowest BCUT2D eigenvalue weighted by Gasteiger charge is -2.07. The molecule has 0 atom stereocenters. The van der Waals surface area contributed by atoms with Gasteiger partial charge in [-0.3, -0.25) is 0 Å². The summed E-state index contributed by atoms with van der Waals surface area (Å²) in [6, 6.07) is 7.58.